The molecule has 2 rings (SSSR count). The topological polar surface area (TPSA) is 18.5 Å². The van der Waals surface area contributed by atoms with Crippen molar-refractivity contribution in [2.75, 3.05) is 6.61 Å². The largest absolute Gasteiger partial charge is 0.325 e. The van der Waals surface area contributed by atoms with Gasteiger partial charge in [0.1, 0.15) is 0 Å². The third-order valence-corrected chi connectivity index (χ3v) is 2.04. The Labute approximate surface area is 69.5 Å². The quantitative estimate of drug-likeness (QED) is 0.394. The Bertz CT molecular complexity index is 61.0. The normalized spacial score (nSPS) is 23.3. The van der Waals surface area contributed by atoms with Crippen molar-refractivity contribution in [2.24, 2.45) is 0 Å². The molecule has 0 unspecified atom stereocenters. The zero-order valence-electron chi connectivity index (χ0n) is 7.18. The average molecular weight is 156 g/mol. The zero-order chi connectivity index (χ0) is 7.78. The van der Waals surface area contributed by atoms with Gasteiger partial charge < -0.3 is 4.81 Å². The third kappa shape index (κ3) is 5.28. The number of rotatable bonds is 0. The molecule has 2 fully saturated rings. The van der Waals surface area contributed by atoms with E-state index >= 15 is 0 Å². The summed E-state index contributed by atoms with van der Waals surface area (Å²) in [5.41, 5.74) is 0. The maximum absolute atomic E-state index is 4.44. The highest BCUT2D eigenvalue weighted by atomic mass is 17.2. The monoisotopic (exact) mass is 156 g/mol. The van der Waals surface area contributed by atoms with Crippen LogP contribution >= 0.6 is 0 Å². The van der Waals surface area contributed by atoms with Crippen LogP contribution in [0.2, 0.25) is 6.32 Å². The van der Waals surface area contributed by atoms with Gasteiger partial charge in [0.05, 0.1) is 6.61 Å². The molecule has 2 aliphatic rings. The van der Waals surface area contributed by atoms with Crippen molar-refractivity contribution >= 4 is 7.48 Å². The molecule has 11 heavy (non-hydrogen) atoms. The first-order chi connectivity index (χ1) is 5.50. The Balaban J connectivity index is 0.000000112. The van der Waals surface area contributed by atoms with Gasteiger partial charge in [0.2, 0.25) is 0 Å². The van der Waals surface area contributed by atoms with E-state index in [1.807, 2.05) is 0 Å². The molecule has 1 saturated carbocycles. The van der Waals surface area contributed by atoms with Gasteiger partial charge in [-0.15, -0.1) is 0 Å². The van der Waals surface area contributed by atoms with Gasteiger partial charge in [-0.05, 0) is 6.32 Å². The van der Waals surface area contributed by atoms with E-state index in [0.717, 1.165) is 20.4 Å². The van der Waals surface area contributed by atoms with Crippen LogP contribution in [0.4, 0.5) is 0 Å². The van der Waals surface area contributed by atoms with Crippen molar-refractivity contribution in [3.05, 3.63) is 0 Å². The van der Waals surface area contributed by atoms with E-state index in [1.54, 1.807) is 0 Å². The molecule has 0 N–H and O–H groups in total. The van der Waals surface area contributed by atoms with Crippen LogP contribution in [0.25, 0.3) is 0 Å². The van der Waals surface area contributed by atoms with Crippen LogP contribution < -0.4 is 0 Å². The smallest absolute Gasteiger partial charge is 0.310 e. The predicted octanol–water partition coefficient (Wildman–Crippen LogP) is 2.06. The van der Waals surface area contributed by atoms with Gasteiger partial charge in [-0.25, -0.2) is 0 Å². The second kappa shape index (κ2) is 6.68. The van der Waals surface area contributed by atoms with E-state index in [4.69, 9.17) is 0 Å². The Morgan fingerprint density at radius 2 is 1.36 bits per heavy atom. The molecule has 0 aromatic rings. The highest BCUT2D eigenvalue weighted by molar-refractivity contribution is 6.27. The molecule has 0 radical (unpaired) electrons. The van der Waals surface area contributed by atoms with Crippen LogP contribution in [-0.4, -0.2) is 14.1 Å². The van der Waals surface area contributed by atoms with E-state index in [1.165, 1.54) is 38.5 Å². The van der Waals surface area contributed by atoms with E-state index < -0.39 is 0 Å². The van der Waals surface area contributed by atoms with Gasteiger partial charge >= 0.3 is 7.48 Å². The first kappa shape index (κ1) is 9.08. The molecule has 0 aromatic heterocycles. The summed E-state index contributed by atoms with van der Waals surface area (Å²) in [4.78, 5) is 8.89. The lowest BCUT2D eigenvalue weighted by atomic mass is 9.99. The van der Waals surface area contributed by atoms with Gasteiger partial charge in [0.15, 0.2) is 0 Å². The molecule has 0 bridgehead atoms. The lowest BCUT2D eigenvalue weighted by Crippen LogP contribution is -1.85. The van der Waals surface area contributed by atoms with Crippen LogP contribution in [-0.2, 0) is 9.69 Å². The summed E-state index contributed by atoms with van der Waals surface area (Å²) in [6, 6.07) is 0. The molecule has 2 nitrogen and oxygen atoms in total. The van der Waals surface area contributed by atoms with Crippen molar-refractivity contribution in [3.8, 4) is 0 Å². The van der Waals surface area contributed by atoms with E-state index in [-0.39, 0.29) is 0 Å². The van der Waals surface area contributed by atoms with E-state index in [9.17, 15) is 0 Å². The third-order valence-electron chi connectivity index (χ3n) is 2.04. The highest BCUT2D eigenvalue weighted by Crippen LogP contribution is 2.15. The predicted molar refractivity (Wildman–Crippen MR) is 46.7 cm³/mol. The molecule has 1 heterocycles. The minimum absolute atomic E-state index is 0.778. The van der Waals surface area contributed by atoms with Gasteiger partial charge in [-0.2, -0.15) is 0 Å². The minimum Gasteiger partial charge on any atom is -0.310 e. The lowest BCUT2D eigenvalue weighted by Gasteiger charge is -2.05. The fraction of sp³-hybridized carbons (Fsp3) is 1.00. The van der Waals surface area contributed by atoms with E-state index in [2.05, 4.69) is 9.69 Å². The van der Waals surface area contributed by atoms with Gasteiger partial charge in [-0.3, -0.25) is 4.89 Å². The SMILES string of the molecule is B1CCOO1.C1CCCCC1. The van der Waals surface area contributed by atoms with Crippen molar-refractivity contribution in [1.82, 2.24) is 0 Å². The molecule has 0 amide bonds. The standard InChI is InChI=1S/C6H12.C2H5BO2/c1-2-4-6-5-3-1;1-2-4-5-3-1/h1-6H2;3H,1-2H2. The summed E-state index contributed by atoms with van der Waals surface area (Å²) >= 11 is 0. The van der Waals surface area contributed by atoms with Crippen molar-refractivity contribution in [2.45, 2.75) is 44.8 Å². The van der Waals surface area contributed by atoms with Crippen molar-refractivity contribution in [3.63, 3.8) is 0 Å². The van der Waals surface area contributed by atoms with Crippen LogP contribution in [0.1, 0.15) is 38.5 Å². The maximum atomic E-state index is 4.44. The molecule has 3 heteroatoms. The van der Waals surface area contributed by atoms with Crippen molar-refractivity contribution in [1.29, 1.82) is 0 Å². The van der Waals surface area contributed by atoms with Gasteiger partial charge in [0.25, 0.3) is 0 Å². The second-order valence-electron chi connectivity index (χ2n) is 3.12. The summed E-state index contributed by atoms with van der Waals surface area (Å²) in [5.74, 6) is 0. The maximum Gasteiger partial charge on any atom is 0.325 e. The molecule has 0 atom stereocenters. The number of hydrogen-bond acceptors (Lipinski definition) is 2. The summed E-state index contributed by atoms with van der Waals surface area (Å²) in [7, 11) is 0.778. The fourth-order valence-electron chi connectivity index (χ4n) is 1.36. The van der Waals surface area contributed by atoms with Crippen LogP contribution in [0.3, 0.4) is 0 Å². The lowest BCUT2D eigenvalue weighted by molar-refractivity contribution is -0.181. The molecule has 64 valence electrons. The molecular weight excluding hydrogens is 139 g/mol. The Morgan fingerprint density at radius 1 is 0.818 bits per heavy atom. The van der Waals surface area contributed by atoms with Crippen molar-refractivity contribution < 1.29 is 9.69 Å². The number of hydrogen-bond donors (Lipinski definition) is 0. The molecule has 1 saturated heterocycles. The average Bonchev–Trinajstić information content (AvgIpc) is 2.64. The van der Waals surface area contributed by atoms with Gasteiger partial charge in [0, 0.05) is 0 Å². The minimum atomic E-state index is 0.778. The molecule has 1 aliphatic heterocycles. The highest BCUT2D eigenvalue weighted by Gasteiger charge is 1.99. The summed E-state index contributed by atoms with van der Waals surface area (Å²) < 4.78 is 0. The van der Waals surface area contributed by atoms with E-state index in [0.29, 0.717) is 0 Å². The fourth-order valence-corrected chi connectivity index (χ4v) is 1.36. The molecule has 0 aromatic carbocycles. The Kier molecular flexibility index (Phi) is 5.51. The zero-order valence-corrected chi connectivity index (χ0v) is 7.18. The van der Waals surface area contributed by atoms with Crippen LogP contribution in [0.5, 0.6) is 0 Å². The first-order valence-corrected chi connectivity index (χ1v) is 4.74. The molecular formula is C8H17BO2. The molecule has 0 spiro atoms. The molecule has 1 aliphatic carbocycles. The summed E-state index contributed by atoms with van der Waals surface area (Å²) in [6.45, 7) is 0.778. The summed E-state index contributed by atoms with van der Waals surface area (Å²) in [5, 5.41) is 0. The first-order valence-electron chi connectivity index (χ1n) is 4.74. The van der Waals surface area contributed by atoms with Crippen LogP contribution in [0, 0.1) is 0 Å². The Morgan fingerprint density at radius 3 is 1.55 bits per heavy atom. The summed E-state index contributed by atoms with van der Waals surface area (Å²) in [6.07, 6.45) is 10.1. The Hall–Kier alpha value is -0.0151. The van der Waals surface area contributed by atoms with Crippen LogP contribution in [0.15, 0.2) is 0 Å². The van der Waals surface area contributed by atoms with Gasteiger partial charge in [-0.1, -0.05) is 38.5 Å². The second-order valence-corrected chi connectivity index (χ2v) is 3.12.